The van der Waals surface area contributed by atoms with Crippen molar-refractivity contribution < 1.29 is 19.1 Å². The topological polar surface area (TPSA) is 52.6 Å². The summed E-state index contributed by atoms with van der Waals surface area (Å²) in [6, 6.07) is 0. The fourth-order valence-corrected chi connectivity index (χ4v) is 7.20. The highest BCUT2D eigenvalue weighted by molar-refractivity contribution is 5.71. The first-order valence-electron chi connectivity index (χ1n) is 21.4. The molecule has 0 unspecified atom stereocenters. The predicted octanol–water partition coefficient (Wildman–Crippen LogP) is 14.4. The molecule has 0 spiro atoms. The van der Waals surface area contributed by atoms with Crippen LogP contribution in [0.5, 0.6) is 0 Å². The van der Waals surface area contributed by atoms with E-state index in [1.807, 2.05) is 0 Å². The van der Waals surface area contributed by atoms with E-state index >= 15 is 0 Å². The molecule has 0 aliphatic rings. The van der Waals surface area contributed by atoms with Crippen LogP contribution in [0.25, 0.3) is 0 Å². The minimum atomic E-state index is -0.404. The van der Waals surface area contributed by atoms with Gasteiger partial charge in [-0.15, -0.1) is 0 Å². The van der Waals surface area contributed by atoms with Gasteiger partial charge in [0, 0.05) is 12.8 Å². The normalized spacial score (nSPS) is 12.2. The van der Waals surface area contributed by atoms with Crippen molar-refractivity contribution >= 4 is 11.9 Å². The first-order valence-corrected chi connectivity index (χ1v) is 21.4. The Labute approximate surface area is 301 Å². The summed E-state index contributed by atoms with van der Waals surface area (Å²) in [6.45, 7) is 18.6. The number of rotatable bonds is 35. The molecule has 0 aromatic rings. The maximum Gasteiger partial charge on any atom is 0.306 e. The maximum atomic E-state index is 12.9. The smallest absolute Gasteiger partial charge is 0.306 e. The van der Waals surface area contributed by atoms with Gasteiger partial charge in [-0.1, -0.05) is 190 Å². The lowest BCUT2D eigenvalue weighted by Gasteiger charge is -2.41. The highest BCUT2D eigenvalue weighted by Gasteiger charge is 2.40. The highest BCUT2D eigenvalue weighted by Crippen LogP contribution is 2.36. The van der Waals surface area contributed by atoms with Crippen molar-refractivity contribution in [2.24, 2.45) is 23.7 Å². The number of hydrogen-bond acceptors (Lipinski definition) is 4. The zero-order chi connectivity index (χ0) is 35.9. The van der Waals surface area contributed by atoms with E-state index < -0.39 is 5.60 Å². The van der Waals surface area contributed by atoms with Crippen LogP contribution >= 0.6 is 0 Å². The summed E-state index contributed by atoms with van der Waals surface area (Å²) >= 11 is 0. The third-order valence-corrected chi connectivity index (χ3v) is 10.6. The van der Waals surface area contributed by atoms with Crippen LogP contribution in [0.2, 0.25) is 0 Å². The number of ether oxygens (including phenoxy) is 2. The lowest BCUT2D eigenvalue weighted by molar-refractivity contribution is -0.174. The quantitative estimate of drug-likeness (QED) is 0.0494. The molecule has 48 heavy (non-hydrogen) atoms. The molecule has 0 aliphatic carbocycles. The number of unbranched alkanes of at least 4 members (excludes halogenated alkanes) is 20. The molecule has 0 amide bonds. The molecular formula is C44H86O4. The van der Waals surface area contributed by atoms with Crippen LogP contribution in [0.3, 0.4) is 0 Å². The summed E-state index contributed by atoms with van der Waals surface area (Å²) in [6.07, 6.45) is 33.4. The van der Waals surface area contributed by atoms with Crippen LogP contribution in [0, 0.1) is 23.7 Å². The predicted molar refractivity (Wildman–Crippen MR) is 208 cm³/mol. The van der Waals surface area contributed by atoms with Gasteiger partial charge >= 0.3 is 11.9 Å². The van der Waals surface area contributed by atoms with Crippen molar-refractivity contribution in [3.8, 4) is 0 Å². The summed E-state index contributed by atoms with van der Waals surface area (Å²) in [5.41, 5.74) is -0.404. The van der Waals surface area contributed by atoms with E-state index in [9.17, 15) is 9.59 Å². The minimum Gasteiger partial charge on any atom is -0.466 e. The molecule has 0 heterocycles. The van der Waals surface area contributed by atoms with Gasteiger partial charge in [0.25, 0.3) is 0 Å². The third-order valence-electron chi connectivity index (χ3n) is 10.6. The van der Waals surface area contributed by atoms with E-state index in [2.05, 4.69) is 55.4 Å². The molecule has 0 saturated heterocycles. The lowest BCUT2D eigenvalue weighted by Crippen LogP contribution is -2.45. The summed E-state index contributed by atoms with van der Waals surface area (Å²) < 4.78 is 11.7. The van der Waals surface area contributed by atoms with Crippen LogP contribution < -0.4 is 0 Å². The number of hydrogen-bond donors (Lipinski definition) is 0. The van der Waals surface area contributed by atoms with Gasteiger partial charge in [-0.25, -0.2) is 0 Å². The number of carbonyl (C=O) groups is 2. The van der Waals surface area contributed by atoms with Gasteiger partial charge in [0.15, 0.2) is 0 Å². The van der Waals surface area contributed by atoms with Gasteiger partial charge in [-0.3, -0.25) is 9.59 Å². The second-order valence-electron chi connectivity index (χ2n) is 16.7. The Kier molecular flexibility index (Phi) is 31.2. The van der Waals surface area contributed by atoms with Gasteiger partial charge in [0.05, 0.1) is 6.61 Å². The van der Waals surface area contributed by atoms with E-state index in [1.54, 1.807) is 0 Å². The van der Waals surface area contributed by atoms with Crippen LogP contribution in [-0.2, 0) is 19.1 Å². The monoisotopic (exact) mass is 679 g/mol. The molecule has 0 aliphatic heterocycles. The Bertz CT molecular complexity index is 717. The largest absolute Gasteiger partial charge is 0.466 e. The van der Waals surface area contributed by atoms with Gasteiger partial charge in [0.1, 0.15) is 5.60 Å². The molecule has 0 fully saturated rings. The van der Waals surface area contributed by atoms with Crippen molar-refractivity contribution in [1.82, 2.24) is 0 Å². The minimum absolute atomic E-state index is 0.110. The SMILES string of the molecule is CC(C)CCCCCCCCCCCCCOC(=O)CCCCC(=O)OC(CCCCCCCCCCCCC(C)C)(C(C)C)C(C)C. The first kappa shape index (κ1) is 46.9. The van der Waals surface area contributed by atoms with Crippen molar-refractivity contribution in [3.05, 3.63) is 0 Å². The first-order chi connectivity index (χ1) is 23.0. The molecular weight excluding hydrogens is 592 g/mol. The molecule has 0 aromatic heterocycles. The Morgan fingerprint density at radius 2 is 0.750 bits per heavy atom. The van der Waals surface area contributed by atoms with Crippen molar-refractivity contribution in [1.29, 1.82) is 0 Å². The summed E-state index contributed by atoms with van der Waals surface area (Å²) in [4.78, 5) is 25.1. The van der Waals surface area contributed by atoms with Crippen LogP contribution in [0.15, 0.2) is 0 Å². The molecule has 0 saturated carbocycles. The average Bonchev–Trinajstić information content (AvgIpc) is 3.02. The van der Waals surface area contributed by atoms with E-state index in [-0.39, 0.29) is 23.8 Å². The van der Waals surface area contributed by atoms with E-state index in [1.165, 1.54) is 128 Å². The average molecular weight is 679 g/mol. The van der Waals surface area contributed by atoms with Crippen molar-refractivity contribution in [3.63, 3.8) is 0 Å². The Balaban J connectivity index is 3.94. The second-order valence-corrected chi connectivity index (χ2v) is 16.7. The molecule has 0 radical (unpaired) electrons. The van der Waals surface area contributed by atoms with Gasteiger partial charge in [-0.05, 0) is 55.8 Å². The van der Waals surface area contributed by atoms with E-state index in [0.717, 1.165) is 37.5 Å². The molecule has 0 aromatic carbocycles. The molecule has 4 nitrogen and oxygen atoms in total. The Hall–Kier alpha value is -1.06. The third kappa shape index (κ3) is 27.7. The summed E-state index contributed by atoms with van der Waals surface area (Å²) in [5.74, 6) is 2.01. The number of esters is 2. The van der Waals surface area contributed by atoms with Crippen LogP contribution in [0.4, 0.5) is 0 Å². The Morgan fingerprint density at radius 1 is 0.417 bits per heavy atom. The van der Waals surface area contributed by atoms with Crippen molar-refractivity contribution in [2.45, 2.75) is 241 Å². The maximum absolute atomic E-state index is 12.9. The standard InChI is InChI=1S/C44H86O4/c1-38(2)32-26-22-18-14-10-9-13-17-21-25-31-37-47-42(45)34-28-29-35-43(46)48-44(40(5)6,41(7)8)36-30-24-20-16-12-11-15-19-23-27-33-39(3)4/h38-41H,9-37H2,1-8H3. The molecule has 0 bridgehead atoms. The Morgan fingerprint density at radius 3 is 1.12 bits per heavy atom. The fourth-order valence-electron chi connectivity index (χ4n) is 7.20. The molecule has 0 rings (SSSR count). The molecule has 0 N–H and O–H groups in total. The van der Waals surface area contributed by atoms with E-state index in [0.29, 0.717) is 32.3 Å². The van der Waals surface area contributed by atoms with Gasteiger partial charge in [-0.2, -0.15) is 0 Å². The van der Waals surface area contributed by atoms with Crippen LogP contribution in [0.1, 0.15) is 235 Å². The number of carbonyl (C=O) groups excluding carboxylic acids is 2. The molecule has 0 atom stereocenters. The van der Waals surface area contributed by atoms with Crippen LogP contribution in [-0.4, -0.2) is 24.1 Å². The molecule has 286 valence electrons. The lowest BCUT2D eigenvalue weighted by atomic mass is 9.76. The van der Waals surface area contributed by atoms with Gasteiger partial charge < -0.3 is 9.47 Å². The highest BCUT2D eigenvalue weighted by atomic mass is 16.6. The second kappa shape index (κ2) is 31.9. The summed E-state index contributed by atoms with van der Waals surface area (Å²) in [5, 5.41) is 0. The van der Waals surface area contributed by atoms with Gasteiger partial charge in [0.2, 0.25) is 0 Å². The zero-order valence-electron chi connectivity index (χ0n) is 33.9. The fraction of sp³-hybridized carbons (Fsp3) is 0.955. The summed E-state index contributed by atoms with van der Waals surface area (Å²) in [7, 11) is 0. The van der Waals surface area contributed by atoms with E-state index in [4.69, 9.17) is 9.47 Å². The zero-order valence-corrected chi connectivity index (χ0v) is 33.9. The molecule has 4 heteroatoms. The van der Waals surface area contributed by atoms with Crippen molar-refractivity contribution in [2.75, 3.05) is 6.61 Å².